The first-order valence-electron chi connectivity index (χ1n) is 5.67. The molecule has 4 nitrogen and oxygen atoms in total. The average molecular weight is 258 g/mol. The molecule has 5 heteroatoms. The molecule has 1 rings (SSSR count). The molecule has 92 valence electrons. The van der Waals surface area contributed by atoms with Gasteiger partial charge in [-0.05, 0) is 36.4 Å². The zero-order valence-electron chi connectivity index (χ0n) is 10.2. The number of hydrogen-bond acceptors (Lipinski definition) is 5. The summed E-state index contributed by atoms with van der Waals surface area (Å²) in [7, 11) is 0. The van der Waals surface area contributed by atoms with Crippen LogP contribution in [0, 0.1) is 22.7 Å². The predicted molar refractivity (Wildman–Crippen MR) is 74.4 cm³/mol. The second kappa shape index (κ2) is 8.16. The van der Waals surface area contributed by atoms with Crippen molar-refractivity contribution >= 4 is 23.2 Å². The van der Waals surface area contributed by atoms with Crippen LogP contribution >= 0.6 is 11.8 Å². The SMILES string of the molecule is CCCCSc1ccc(NN=C(C#N)C#N)cc1. The van der Waals surface area contributed by atoms with Crippen LogP contribution in [0.2, 0.25) is 0 Å². The summed E-state index contributed by atoms with van der Waals surface area (Å²) in [5.74, 6) is 1.12. The fourth-order valence-corrected chi connectivity index (χ4v) is 2.15. The van der Waals surface area contributed by atoms with Crippen LogP contribution in [-0.4, -0.2) is 11.5 Å². The fraction of sp³-hybridized carbons (Fsp3) is 0.308. The lowest BCUT2D eigenvalue weighted by atomic mass is 10.3. The Labute approximate surface area is 111 Å². The minimum Gasteiger partial charge on any atom is -0.277 e. The van der Waals surface area contributed by atoms with Gasteiger partial charge in [-0.3, -0.25) is 5.43 Å². The van der Waals surface area contributed by atoms with E-state index in [0.29, 0.717) is 0 Å². The van der Waals surface area contributed by atoms with Gasteiger partial charge in [0.15, 0.2) is 0 Å². The van der Waals surface area contributed by atoms with Crippen LogP contribution in [0.3, 0.4) is 0 Å². The number of rotatable bonds is 6. The van der Waals surface area contributed by atoms with Crippen LogP contribution in [0.25, 0.3) is 0 Å². The molecule has 0 unspecified atom stereocenters. The topological polar surface area (TPSA) is 72.0 Å². The highest BCUT2D eigenvalue weighted by Gasteiger charge is 1.96. The van der Waals surface area contributed by atoms with E-state index in [1.165, 1.54) is 17.7 Å². The lowest BCUT2D eigenvalue weighted by Gasteiger charge is -2.03. The zero-order chi connectivity index (χ0) is 13.2. The van der Waals surface area contributed by atoms with Crippen LogP contribution in [-0.2, 0) is 0 Å². The van der Waals surface area contributed by atoms with Crippen molar-refractivity contribution in [3.8, 4) is 12.1 Å². The Morgan fingerprint density at radius 3 is 2.50 bits per heavy atom. The molecule has 0 bridgehead atoms. The maximum atomic E-state index is 8.52. The summed E-state index contributed by atoms with van der Waals surface area (Å²) in [4.78, 5) is 1.21. The van der Waals surface area contributed by atoms with Gasteiger partial charge in [0, 0.05) is 4.90 Å². The van der Waals surface area contributed by atoms with E-state index in [-0.39, 0.29) is 5.71 Å². The van der Waals surface area contributed by atoms with Gasteiger partial charge < -0.3 is 0 Å². The molecule has 0 heterocycles. The van der Waals surface area contributed by atoms with Crippen LogP contribution in [0.15, 0.2) is 34.3 Å². The summed E-state index contributed by atoms with van der Waals surface area (Å²) in [6.07, 6.45) is 2.41. The van der Waals surface area contributed by atoms with Gasteiger partial charge in [-0.2, -0.15) is 15.6 Å². The van der Waals surface area contributed by atoms with Gasteiger partial charge >= 0.3 is 0 Å². The van der Waals surface area contributed by atoms with E-state index in [0.717, 1.165) is 11.4 Å². The molecule has 1 aromatic carbocycles. The number of nitriles is 2. The molecule has 0 saturated heterocycles. The third-order valence-electron chi connectivity index (χ3n) is 2.13. The molecule has 0 aliphatic heterocycles. The lowest BCUT2D eigenvalue weighted by molar-refractivity contribution is 0.896. The molecule has 18 heavy (non-hydrogen) atoms. The Bertz CT molecular complexity index is 463. The number of hydrazone groups is 1. The van der Waals surface area contributed by atoms with Crippen molar-refractivity contribution in [1.82, 2.24) is 0 Å². The lowest BCUT2D eigenvalue weighted by Crippen LogP contribution is -1.95. The van der Waals surface area contributed by atoms with Gasteiger partial charge in [0.25, 0.3) is 0 Å². The maximum Gasteiger partial charge on any atom is 0.237 e. The van der Waals surface area contributed by atoms with E-state index in [1.807, 2.05) is 36.0 Å². The third-order valence-corrected chi connectivity index (χ3v) is 3.23. The quantitative estimate of drug-likeness (QED) is 0.367. The molecule has 1 N–H and O–H groups in total. The summed E-state index contributed by atoms with van der Waals surface area (Å²) in [5, 5.41) is 20.7. The zero-order valence-corrected chi connectivity index (χ0v) is 11.0. The summed E-state index contributed by atoms with van der Waals surface area (Å²) in [5.41, 5.74) is 3.25. The molecule has 0 spiro atoms. The highest BCUT2D eigenvalue weighted by atomic mass is 32.2. The number of unbranched alkanes of at least 4 members (excludes halogenated alkanes) is 1. The number of hydrogen-bond donors (Lipinski definition) is 1. The number of thioether (sulfide) groups is 1. The first-order chi connectivity index (χ1) is 8.80. The first-order valence-corrected chi connectivity index (χ1v) is 6.65. The fourth-order valence-electron chi connectivity index (χ4n) is 1.16. The highest BCUT2D eigenvalue weighted by molar-refractivity contribution is 7.99. The monoisotopic (exact) mass is 258 g/mol. The van der Waals surface area contributed by atoms with Gasteiger partial charge in [-0.1, -0.05) is 13.3 Å². The Morgan fingerprint density at radius 1 is 1.28 bits per heavy atom. The third kappa shape index (κ3) is 4.90. The molecular formula is C13H14N4S. The minimum atomic E-state index is -0.184. The molecule has 0 radical (unpaired) electrons. The maximum absolute atomic E-state index is 8.52. The summed E-state index contributed by atoms with van der Waals surface area (Å²) in [6.45, 7) is 2.17. The summed E-state index contributed by atoms with van der Waals surface area (Å²) in [6, 6.07) is 11.1. The highest BCUT2D eigenvalue weighted by Crippen LogP contribution is 2.21. The molecule has 0 aromatic heterocycles. The van der Waals surface area contributed by atoms with Crippen molar-refractivity contribution in [3.63, 3.8) is 0 Å². The van der Waals surface area contributed by atoms with E-state index in [2.05, 4.69) is 17.5 Å². The average Bonchev–Trinajstić information content (AvgIpc) is 2.42. The Kier molecular flexibility index (Phi) is 6.38. The molecule has 0 atom stereocenters. The Morgan fingerprint density at radius 2 is 1.94 bits per heavy atom. The van der Waals surface area contributed by atoms with Crippen molar-refractivity contribution in [2.24, 2.45) is 5.10 Å². The molecule has 0 aliphatic rings. The van der Waals surface area contributed by atoms with E-state index >= 15 is 0 Å². The molecule has 0 amide bonds. The molecule has 0 fully saturated rings. The van der Waals surface area contributed by atoms with Gasteiger partial charge in [0.2, 0.25) is 5.71 Å². The standard InChI is InChI=1S/C13H14N4S/c1-2-3-8-18-13-6-4-11(5-7-13)16-17-12(9-14)10-15/h4-7,16H,2-3,8H2,1H3. The second-order valence-corrected chi connectivity index (χ2v) is 4.69. The molecular weight excluding hydrogens is 244 g/mol. The Hall–Kier alpha value is -1.98. The van der Waals surface area contributed by atoms with E-state index < -0.39 is 0 Å². The van der Waals surface area contributed by atoms with E-state index in [1.54, 1.807) is 12.1 Å². The van der Waals surface area contributed by atoms with Crippen molar-refractivity contribution in [2.45, 2.75) is 24.7 Å². The first kappa shape index (κ1) is 14.1. The smallest absolute Gasteiger partial charge is 0.237 e. The summed E-state index contributed by atoms with van der Waals surface area (Å²) >= 11 is 1.82. The Balaban J connectivity index is 2.53. The van der Waals surface area contributed by atoms with Crippen LogP contribution < -0.4 is 5.43 Å². The van der Waals surface area contributed by atoms with Gasteiger partial charge in [-0.15, -0.1) is 11.8 Å². The van der Waals surface area contributed by atoms with Crippen molar-refractivity contribution in [3.05, 3.63) is 24.3 Å². The molecule has 0 saturated carbocycles. The van der Waals surface area contributed by atoms with Gasteiger partial charge in [-0.25, -0.2) is 0 Å². The van der Waals surface area contributed by atoms with Crippen molar-refractivity contribution < 1.29 is 0 Å². The van der Waals surface area contributed by atoms with Gasteiger partial charge in [0.1, 0.15) is 12.1 Å². The number of benzene rings is 1. The number of anilines is 1. The second-order valence-electron chi connectivity index (χ2n) is 3.52. The van der Waals surface area contributed by atoms with Crippen LogP contribution in [0.5, 0.6) is 0 Å². The van der Waals surface area contributed by atoms with Crippen LogP contribution in [0.1, 0.15) is 19.8 Å². The van der Waals surface area contributed by atoms with E-state index in [9.17, 15) is 0 Å². The normalized spacial score (nSPS) is 9.06. The molecule has 0 aliphatic carbocycles. The van der Waals surface area contributed by atoms with E-state index in [4.69, 9.17) is 10.5 Å². The number of nitrogens with one attached hydrogen (secondary N) is 1. The minimum absolute atomic E-state index is 0.184. The van der Waals surface area contributed by atoms with Gasteiger partial charge in [0.05, 0.1) is 5.69 Å². The predicted octanol–water partition coefficient (Wildman–Crippen LogP) is 3.39. The summed E-state index contributed by atoms with van der Waals surface area (Å²) < 4.78 is 0. The van der Waals surface area contributed by atoms with Crippen LogP contribution in [0.4, 0.5) is 5.69 Å². The van der Waals surface area contributed by atoms with Crippen molar-refractivity contribution in [2.75, 3.05) is 11.2 Å². The largest absolute Gasteiger partial charge is 0.277 e. The number of nitrogens with zero attached hydrogens (tertiary/aromatic N) is 3. The van der Waals surface area contributed by atoms with Crippen molar-refractivity contribution in [1.29, 1.82) is 10.5 Å². The molecule has 1 aromatic rings.